The normalized spacial score (nSPS) is 17.4. The molecule has 11 nitrogen and oxygen atoms in total. The van der Waals surface area contributed by atoms with Gasteiger partial charge in [-0.25, -0.2) is 13.4 Å². The fourth-order valence-corrected chi connectivity index (χ4v) is 7.13. The molecule has 3 aromatic rings. The van der Waals surface area contributed by atoms with Crippen molar-refractivity contribution in [1.82, 2.24) is 9.97 Å². The minimum Gasteiger partial charge on any atom is -0.493 e. The third kappa shape index (κ3) is 8.08. The lowest BCUT2D eigenvalue weighted by Crippen LogP contribution is -2.19. The van der Waals surface area contributed by atoms with Crippen LogP contribution in [0.25, 0.3) is 0 Å². The number of aromatic amines is 1. The molecular formula is C30H40N2O9S2. The predicted octanol–water partition coefficient (Wildman–Crippen LogP) is 5.14. The lowest BCUT2D eigenvalue weighted by Gasteiger charge is -2.21. The Balaban J connectivity index is 1.67. The van der Waals surface area contributed by atoms with Gasteiger partial charge in [-0.3, -0.25) is 0 Å². The summed E-state index contributed by atoms with van der Waals surface area (Å²) in [7, 11) is 0.742. The Hall–Kier alpha value is -3.13. The molecule has 0 radical (unpaired) electrons. The lowest BCUT2D eigenvalue weighted by atomic mass is 10.0. The molecule has 1 fully saturated rings. The van der Waals surface area contributed by atoms with Crippen LogP contribution in [-0.4, -0.2) is 75.6 Å². The number of H-pyrrole nitrogens is 1. The Labute approximate surface area is 257 Å². The van der Waals surface area contributed by atoms with E-state index in [4.69, 9.17) is 28.4 Å². The number of methoxy groups -OCH3 is 3. The molecule has 43 heavy (non-hydrogen) atoms. The number of hydrogen-bond acceptors (Lipinski definition) is 11. The average molecular weight is 637 g/mol. The van der Waals surface area contributed by atoms with Crippen LogP contribution in [0.5, 0.6) is 28.7 Å². The molecule has 0 bridgehead atoms. The number of nitrogens with zero attached hydrogens (tertiary/aromatic N) is 1. The summed E-state index contributed by atoms with van der Waals surface area (Å²) in [5.74, 6) is 2.12. The van der Waals surface area contributed by atoms with Gasteiger partial charge in [-0.1, -0.05) is 18.7 Å². The molecule has 2 aromatic carbocycles. The summed E-state index contributed by atoms with van der Waals surface area (Å²) in [4.78, 5) is 7.22. The molecule has 2 N–H and O–H groups in total. The summed E-state index contributed by atoms with van der Waals surface area (Å²) in [5, 5.41) is 10.8. The van der Waals surface area contributed by atoms with Crippen molar-refractivity contribution in [2.45, 2.75) is 61.5 Å². The summed E-state index contributed by atoms with van der Waals surface area (Å²) < 4.78 is 62.2. The van der Waals surface area contributed by atoms with E-state index in [0.29, 0.717) is 60.2 Å². The maximum atomic E-state index is 13.5. The van der Waals surface area contributed by atoms with Gasteiger partial charge in [-0.05, 0) is 61.6 Å². The van der Waals surface area contributed by atoms with Crippen LogP contribution in [-0.2, 0) is 14.6 Å². The van der Waals surface area contributed by atoms with Crippen molar-refractivity contribution >= 4 is 21.6 Å². The van der Waals surface area contributed by atoms with Gasteiger partial charge in [0.05, 0.1) is 58.6 Å². The number of ether oxygens (including phenoxy) is 6. The molecule has 1 saturated heterocycles. The molecule has 0 amide bonds. The third-order valence-electron chi connectivity index (χ3n) is 6.79. The number of aromatic nitrogens is 2. The molecule has 1 aliphatic rings. The van der Waals surface area contributed by atoms with E-state index in [9.17, 15) is 13.5 Å². The van der Waals surface area contributed by atoms with Crippen LogP contribution in [0.2, 0.25) is 0 Å². The van der Waals surface area contributed by atoms with Crippen LogP contribution in [0, 0.1) is 0 Å². The second kappa shape index (κ2) is 15.0. The standard InChI is InChI=1S/C30H40N2O9S2/c1-6-11-40-29-26(39-12-13-42-30-31-9-10-32-30)16-21(17-27(29)43(34,35)18-19(2)33)23-8-7-22(41-23)20-14-24(36-3)28(38-5)25(15-20)37-4/h9-10,14-17,19,22-23,33H,6-8,11-13,18H2,1-5H3,(H,31,32)/t19?,22-,23-/m0/s1. The van der Waals surface area contributed by atoms with E-state index in [-0.39, 0.29) is 23.4 Å². The summed E-state index contributed by atoms with van der Waals surface area (Å²) >= 11 is 1.49. The minimum absolute atomic E-state index is 0.0205. The summed E-state index contributed by atoms with van der Waals surface area (Å²) in [6.07, 6.45) is 3.65. The van der Waals surface area contributed by atoms with Crippen molar-refractivity contribution in [3.05, 3.63) is 47.8 Å². The Morgan fingerprint density at radius 2 is 1.63 bits per heavy atom. The zero-order valence-corrected chi connectivity index (χ0v) is 26.8. The van der Waals surface area contributed by atoms with Gasteiger partial charge < -0.3 is 38.5 Å². The summed E-state index contributed by atoms with van der Waals surface area (Å²) in [5.41, 5.74) is 1.50. The number of aliphatic hydroxyl groups is 1. The fourth-order valence-electron chi connectivity index (χ4n) is 4.91. The predicted molar refractivity (Wildman–Crippen MR) is 163 cm³/mol. The van der Waals surface area contributed by atoms with Crippen LogP contribution in [0.1, 0.15) is 56.4 Å². The number of sulfone groups is 1. The molecule has 4 rings (SSSR count). The zero-order chi connectivity index (χ0) is 31.0. The van der Waals surface area contributed by atoms with E-state index < -0.39 is 27.8 Å². The van der Waals surface area contributed by atoms with Crippen LogP contribution >= 0.6 is 11.8 Å². The van der Waals surface area contributed by atoms with Gasteiger partial charge in [0.1, 0.15) is 4.90 Å². The number of thioether (sulfide) groups is 1. The Kier molecular flexibility index (Phi) is 11.5. The van der Waals surface area contributed by atoms with Gasteiger partial charge in [0.25, 0.3) is 0 Å². The highest BCUT2D eigenvalue weighted by atomic mass is 32.2. The third-order valence-corrected chi connectivity index (χ3v) is 9.55. The molecule has 0 spiro atoms. The largest absolute Gasteiger partial charge is 0.493 e. The van der Waals surface area contributed by atoms with E-state index >= 15 is 0 Å². The van der Waals surface area contributed by atoms with Gasteiger partial charge in [-0.2, -0.15) is 0 Å². The number of aliphatic hydroxyl groups excluding tert-OH is 1. The number of hydrogen-bond donors (Lipinski definition) is 2. The van der Waals surface area contributed by atoms with Crippen molar-refractivity contribution in [2.24, 2.45) is 0 Å². The van der Waals surface area contributed by atoms with Crippen molar-refractivity contribution in [3.63, 3.8) is 0 Å². The first-order valence-corrected chi connectivity index (χ1v) is 16.8. The fraction of sp³-hybridized carbons (Fsp3) is 0.500. The SMILES string of the molecule is CCCOc1c(OCCSc2ncc[nH]2)cc([C@@H]2CC[C@@H](c3cc(OC)c(OC)c(OC)c3)O2)cc1S(=O)(=O)CC(C)O. The zero-order valence-electron chi connectivity index (χ0n) is 25.1. The van der Waals surface area contributed by atoms with Crippen molar-refractivity contribution in [2.75, 3.05) is 46.0 Å². The maximum Gasteiger partial charge on any atom is 0.203 e. The van der Waals surface area contributed by atoms with Crippen molar-refractivity contribution in [1.29, 1.82) is 0 Å². The number of benzene rings is 2. The van der Waals surface area contributed by atoms with E-state index in [1.54, 1.807) is 45.9 Å². The van der Waals surface area contributed by atoms with Gasteiger partial charge >= 0.3 is 0 Å². The molecular weight excluding hydrogens is 596 g/mol. The monoisotopic (exact) mass is 636 g/mol. The Morgan fingerprint density at radius 3 is 2.19 bits per heavy atom. The first-order valence-electron chi connectivity index (χ1n) is 14.1. The molecule has 0 saturated carbocycles. The Morgan fingerprint density at radius 1 is 0.977 bits per heavy atom. The van der Waals surface area contributed by atoms with Gasteiger partial charge in [0.2, 0.25) is 5.75 Å². The second-order valence-electron chi connectivity index (χ2n) is 10.1. The van der Waals surface area contributed by atoms with Gasteiger partial charge in [-0.15, -0.1) is 0 Å². The first-order chi connectivity index (χ1) is 20.7. The Bertz CT molecular complexity index is 1420. The molecule has 1 unspecified atom stereocenters. The van der Waals surface area contributed by atoms with Crippen molar-refractivity contribution in [3.8, 4) is 28.7 Å². The lowest BCUT2D eigenvalue weighted by molar-refractivity contribution is 0.0435. The van der Waals surface area contributed by atoms with Gasteiger partial charge in [0.15, 0.2) is 38.0 Å². The summed E-state index contributed by atoms with van der Waals surface area (Å²) in [6, 6.07) is 7.11. The van der Waals surface area contributed by atoms with E-state index in [1.165, 1.54) is 18.7 Å². The van der Waals surface area contributed by atoms with Crippen LogP contribution in [0.3, 0.4) is 0 Å². The van der Waals surface area contributed by atoms with Gasteiger partial charge in [0, 0.05) is 18.1 Å². The first kappa shape index (κ1) is 32.8. The van der Waals surface area contributed by atoms with Crippen LogP contribution in [0.4, 0.5) is 0 Å². The molecule has 3 atom stereocenters. The average Bonchev–Trinajstić information content (AvgIpc) is 3.70. The highest BCUT2D eigenvalue weighted by Crippen LogP contribution is 2.48. The van der Waals surface area contributed by atoms with Crippen LogP contribution in [0.15, 0.2) is 46.7 Å². The highest BCUT2D eigenvalue weighted by Gasteiger charge is 2.33. The maximum absolute atomic E-state index is 13.5. The van der Waals surface area contributed by atoms with E-state index in [1.807, 2.05) is 19.1 Å². The molecule has 0 aliphatic carbocycles. The number of rotatable bonds is 16. The summed E-state index contributed by atoms with van der Waals surface area (Å²) in [6.45, 7) is 3.97. The smallest absolute Gasteiger partial charge is 0.203 e. The van der Waals surface area contributed by atoms with Crippen molar-refractivity contribution < 1.29 is 41.9 Å². The van der Waals surface area contributed by atoms with E-state index in [2.05, 4.69) is 9.97 Å². The molecule has 13 heteroatoms. The number of nitrogens with one attached hydrogen (secondary N) is 1. The van der Waals surface area contributed by atoms with E-state index in [0.717, 1.165) is 10.7 Å². The second-order valence-corrected chi connectivity index (χ2v) is 13.2. The number of imidazole rings is 1. The molecule has 2 heterocycles. The molecule has 236 valence electrons. The molecule has 1 aromatic heterocycles. The topological polar surface area (TPSA) is 138 Å². The minimum atomic E-state index is -3.93. The molecule has 1 aliphatic heterocycles. The quantitative estimate of drug-likeness (QED) is 0.160. The van der Waals surface area contributed by atoms with Crippen LogP contribution < -0.4 is 23.7 Å². The highest BCUT2D eigenvalue weighted by molar-refractivity contribution is 7.99.